The number of carbonyl (C=O) groups excluding carboxylic acids is 2. The zero-order valence-corrected chi connectivity index (χ0v) is 15.1. The van der Waals surface area contributed by atoms with E-state index in [9.17, 15) is 14.0 Å². The number of benzene rings is 1. The first-order valence-corrected chi connectivity index (χ1v) is 9.32. The van der Waals surface area contributed by atoms with Gasteiger partial charge in [-0.2, -0.15) is 0 Å². The van der Waals surface area contributed by atoms with Crippen molar-refractivity contribution in [2.45, 2.75) is 45.6 Å². The standard InChI is InChI=1S/C20H27FN2O2/c1-14(2)19(24)22-12-9-16(10-13-22)20(25)23-11-3-4-18(23)15-5-7-17(21)8-6-15/h5-8,14,16,18H,3-4,9-13H2,1-2H3. The summed E-state index contributed by atoms with van der Waals surface area (Å²) in [5.41, 5.74) is 1.01. The van der Waals surface area contributed by atoms with Crippen molar-refractivity contribution in [2.24, 2.45) is 11.8 Å². The molecular weight excluding hydrogens is 319 g/mol. The topological polar surface area (TPSA) is 40.6 Å². The normalized spacial score (nSPS) is 21.8. The van der Waals surface area contributed by atoms with E-state index in [-0.39, 0.29) is 35.5 Å². The molecule has 2 saturated heterocycles. The molecule has 2 amide bonds. The van der Waals surface area contributed by atoms with Crippen LogP contribution in [0, 0.1) is 17.7 Å². The van der Waals surface area contributed by atoms with Gasteiger partial charge in [0.25, 0.3) is 0 Å². The predicted molar refractivity (Wildman–Crippen MR) is 94.2 cm³/mol. The van der Waals surface area contributed by atoms with Crippen LogP contribution in [0.1, 0.15) is 51.1 Å². The van der Waals surface area contributed by atoms with E-state index >= 15 is 0 Å². The zero-order valence-electron chi connectivity index (χ0n) is 15.1. The van der Waals surface area contributed by atoms with Crippen LogP contribution in [0.4, 0.5) is 4.39 Å². The van der Waals surface area contributed by atoms with Crippen LogP contribution < -0.4 is 0 Å². The van der Waals surface area contributed by atoms with Gasteiger partial charge < -0.3 is 9.80 Å². The van der Waals surface area contributed by atoms with Crippen LogP contribution in [0.5, 0.6) is 0 Å². The van der Waals surface area contributed by atoms with Crippen molar-refractivity contribution in [1.82, 2.24) is 9.80 Å². The first-order valence-electron chi connectivity index (χ1n) is 9.32. The average Bonchev–Trinajstić information content (AvgIpc) is 3.11. The Morgan fingerprint density at radius 2 is 1.68 bits per heavy atom. The van der Waals surface area contributed by atoms with Crippen molar-refractivity contribution in [2.75, 3.05) is 19.6 Å². The van der Waals surface area contributed by atoms with Crippen LogP contribution >= 0.6 is 0 Å². The third-order valence-electron chi connectivity index (χ3n) is 5.44. The van der Waals surface area contributed by atoms with E-state index < -0.39 is 0 Å². The van der Waals surface area contributed by atoms with Crippen molar-refractivity contribution in [3.05, 3.63) is 35.6 Å². The van der Waals surface area contributed by atoms with Crippen molar-refractivity contribution in [1.29, 1.82) is 0 Å². The fraction of sp³-hybridized carbons (Fsp3) is 0.600. The van der Waals surface area contributed by atoms with Gasteiger partial charge in [-0.1, -0.05) is 26.0 Å². The second kappa shape index (κ2) is 7.54. The number of halogens is 1. The largest absolute Gasteiger partial charge is 0.342 e. The minimum Gasteiger partial charge on any atom is -0.342 e. The summed E-state index contributed by atoms with van der Waals surface area (Å²) in [6.45, 7) is 5.94. The molecular formula is C20H27FN2O2. The molecule has 3 rings (SSSR count). The molecule has 0 aromatic heterocycles. The van der Waals surface area contributed by atoms with Crippen molar-refractivity contribution >= 4 is 11.8 Å². The molecule has 4 nitrogen and oxygen atoms in total. The van der Waals surface area contributed by atoms with E-state index in [4.69, 9.17) is 0 Å². The summed E-state index contributed by atoms with van der Waals surface area (Å²) in [6.07, 6.45) is 3.40. The highest BCUT2D eigenvalue weighted by molar-refractivity contribution is 5.81. The molecule has 136 valence electrons. The highest BCUT2D eigenvalue weighted by atomic mass is 19.1. The predicted octanol–water partition coefficient (Wildman–Crippen LogP) is 3.38. The van der Waals surface area contributed by atoms with Crippen LogP contribution in [-0.4, -0.2) is 41.2 Å². The van der Waals surface area contributed by atoms with Crippen LogP contribution in [0.3, 0.4) is 0 Å². The molecule has 0 saturated carbocycles. The number of nitrogens with zero attached hydrogens (tertiary/aromatic N) is 2. The molecule has 2 aliphatic rings. The number of likely N-dealkylation sites (tertiary alicyclic amines) is 2. The smallest absolute Gasteiger partial charge is 0.226 e. The molecule has 1 aromatic rings. The molecule has 2 aliphatic heterocycles. The van der Waals surface area contributed by atoms with Gasteiger partial charge in [-0.05, 0) is 43.4 Å². The van der Waals surface area contributed by atoms with Crippen LogP contribution in [0.15, 0.2) is 24.3 Å². The number of rotatable bonds is 3. The molecule has 2 heterocycles. The van der Waals surface area contributed by atoms with E-state index in [0.717, 1.165) is 37.8 Å². The molecule has 0 radical (unpaired) electrons. The quantitative estimate of drug-likeness (QED) is 0.842. The second-order valence-electron chi connectivity index (χ2n) is 7.50. The number of amides is 2. The van der Waals surface area contributed by atoms with Crippen molar-refractivity contribution in [3.8, 4) is 0 Å². The Bertz CT molecular complexity index is 621. The summed E-state index contributed by atoms with van der Waals surface area (Å²) >= 11 is 0. The maximum absolute atomic E-state index is 13.2. The first kappa shape index (κ1) is 17.9. The number of piperidine rings is 1. The molecule has 1 aromatic carbocycles. The van der Waals surface area contributed by atoms with Gasteiger partial charge in [0.2, 0.25) is 11.8 Å². The molecule has 1 unspecified atom stereocenters. The summed E-state index contributed by atoms with van der Waals surface area (Å²) in [6, 6.07) is 6.56. The Hall–Kier alpha value is -1.91. The Morgan fingerprint density at radius 1 is 1.04 bits per heavy atom. The van der Waals surface area contributed by atoms with Crippen molar-refractivity contribution in [3.63, 3.8) is 0 Å². The fourth-order valence-electron chi connectivity index (χ4n) is 4.01. The van der Waals surface area contributed by atoms with E-state index in [0.29, 0.717) is 13.1 Å². The van der Waals surface area contributed by atoms with Crippen LogP contribution in [0.2, 0.25) is 0 Å². The lowest BCUT2D eigenvalue weighted by Crippen LogP contribution is -2.45. The van der Waals surface area contributed by atoms with Crippen LogP contribution in [0.25, 0.3) is 0 Å². The van der Waals surface area contributed by atoms with Gasteiger partial charge in [0.05, 0.1) is 6.04 Å². The molecule has 1 atom stereocenters. The number of hydrogen-bond donors (Lipinski definition) is 0. The SMILES string of the molecule is CC(C)C(=O)N1CCC(C(=O)N2CCCC2c2ccc(F)cc2)CC1. The lowest BCUT2D eigenvalue weighted by atomic mass is 9.93. The minimum absolute atomic E-state index is 0.00254. The maximum atomic E-state index is 13.2. The summed E-state index contributed by atoms with van der Waals surface area (Å²) in [5.74, 6) is 0.132. The highest BCUT2D eigenvalue weighted by Gasteiger charge is 2.36. The Kier molecular flexibility index (Phi) is 5.40. The molecule has 5 heteroatoms. The summed E-state index contributed by atoms with van der Waals surface area (Å²) in [4.78, 5) is 29.0. The fourth-order valence-corrected chi connectivity index (χ4v) is 4.01. The van der Waals surface area contributed by atoms with Gasteiger partial charge in [-0.3, -0.25) is 9.59 Å². The van der Waals surface area contributed by atoms with E-state index in [2.05, 4.69) is 0 Å². The lowest BCUT2D eigenvalue weighted by Gasteiger charge is -2.35. The van der Waals surface area contributed by atoms with E-state index in [1.165, 1.54) is 12.1 Å². The van der Waals surface area contributed by atoms with Gasteiger partial charge in [0.1, 0.15) is 5.82 Å². The Balaban J connectivity index is 1.63. The molecule has 0 spiro atoms. The van der Waals surface area contributed by atoms with E-state index in [1.54, 1.807) is 12.1 Å². The van der Waals surface area contributed by atoms with Crippen molar-refractivity contribution < 1.29 is 14.0 Å². The summed E-state index contributed by atoms with van der Waals surface area (Å²) in [7, 11) is 0. The second-order valence-corrected chi connectivity index (χ2v) is 7.50. The average molecular weight is 346 g/mol. The third-order valence-corrected chi connectivity index (χ3v) is 5.44. The van der Waals surface area contributed by atoms with E-state index in [1.807, 2.05) is 23.6 Å². The van der Waals surface area contributed by atoms with Gasteiger partial charge >= 0.3 is 0 Å². The van der Waals surface area contributed by atoms with Gasteiger partial charge in [-0.15, -0.1) is 0 Å². The minimum atomic E-state index is -0.248. The molecule has 2 fully saturated rings. The monoisotopic (exact) mass is 346 g/mol. The number of hydrogen-bond acceptors (Lipinski definition) is 2. The Morgan fingerprint density at radius 3 is 2.28 bits per heavy atom. The first-order chi connectivity index (χ1) is 12.0. The molecule has 0 N–H and O–H groups in total. The van der Waals surface area contributed by atoms with Gasteiger partial charge in [-0.25, -0.2) is 4.39 Å². The van der Waals surface area contributed by atoms with Gasteiger partial charge in [0, 0.05) is 31.5 Å². The lowest BCUT2D eigenvalue weighted by molar-refractivity contribution is -0.142. The zero-order chi connectivity index (χ0) is 18.0. The Labute approximate surface area is 149 Å². The maximum Gasteiger partial charge on any atom is 0.226 e. The molecule has 25 heavy (non-hydrogen) atoms. The summed E-state index contributed by atoms with van der Waals surface area (Å²) < 4.78 is 13.2. The highest BCUT2D eigenvalue weighted by Crippen LogP contribution is 2.34. The summed E-state index contributed by atoms with van der Waals surface area (Å²) in [5, 5.41) is 0. The van der Waals surface area contributed by atoms with Gasteiger partial charge in [0.15, 0.2) is 0 Å². The third kappa shape index (κ3) is 3.86. The molecule has 0 aliphatic carbocycles. The van der Waals surface area contributed by atoms with Crippen LogP contribution in [-0.2, 0) is 9.59 Å². The number of carbonyl (C=O) groups is 2. The molecule has 0 bridgehead atoms.